The van der Waals surface area contributed by atoms with E-state index in [-0.39, 0.29) is 24.8 Å². The Morgan fingerprint density at radius 1 is 1.20 bits per heavy atom. The Hall–Kier alpha value is -1.23. The van der Waals surface area contributed by atoms with Gasteiger partial charge in [-0.05, 0) is 55.5 Å². The first kappa shape index (κ1) is 13.7. The number of fused-ring (bicyclic) bond motifs is 1. The lowest BCUT2D eigenvalue weighted by Gasteiger charge is -2.37. The van der Waals surface area contributed by atoms with Crippen molar-refractivity contribution < 1.29 is 18.3 Å². The van der Waals surface area contributed by atoms with Crippen LogP contribution in [0, 0.1) is 5.92 Å². The zero-order chi connectivity index (χ0) is 14.3. The van der Waals surface area contributed by atoms with E-state index < -0.39 is 12.1 Å². The molecule has 3 rings (SSSR count). The molecule has 5 heteroatoms. The topological polar surface area (TPSA) is 23.5 Å². The van der Waals surface area contributed by atoms with Gasteiger partial charge in [-0.25, -0.2) is 0 Å². The Bertz CT molecular complexity index is 500. The molecule has 2 aliphatic rings. The van der Waals surface area contributed by atoms with E-state index in [4.69, 9.17) is 0 Å². The standard InChI is InChI=1S/C15H18F3NO/c16-15(17,18)11-2-1-7-19(9-11)14-6-3-10-8-12(20)4-5-13(10)14/h4-5,8,11,14,20H,1-3,6-7,9H2. The summed E-state index contributed by atoms with van der Waals surface area (Å²) in [6, 6.07) is 5.30. The minimum absolute atomic E-state index is 0.0794. The van der Waals surface area contributed by atoms with Crippen molar-refractivity contribution in [3.05, 3.63) is 29.3 Å². The minimum atomic E-state index is -4.09. The van der Waals surface area contributed by atoms with Gasteiger partial charge < -0.3 is 5.11 Å². The number of piperidine rings is 1. The molecule has 1 saturated heterocycles. The van der Waals surface area contributed by atoms with Crippen LogP contribution >= 0.6 is 0 Å². The average molecular weight is 285 g/mol. The predicted octanol–water partition coefficient (Wildman–Crippen LogP) is 3.65. The fourth-order valence-electron chi connectivity index (χ4n) is 3.52. The van der Waals surface area contributed by atoms with Crippen molar-refractivity contribution in [2.24, 2.45) is 5.92 Å². The molecule has 1 N–H and O–H groups in total. The first-order valence-electron chi connectivity index (χ1n) is 7.07. The Labute approximate surface area is 116 Å². The highest BCUT2D eigenvalue weighted by Gasteiger charge is 2.43. The summed E-state index contributed by atoms with van der Waals surface area (Å²) in [6.07, 6.45) is -1.55. The molecule has 1 aliphatic carbocycles. The third kappa shape index (κ3) is 2.51. The second kappa shape index (κ2) is 4.95. The zero-order valence-corrected chi connectivity index (χ0v) is 11.2. The molecule has 0 bridgehead atoms. The van der Waals surface area contributed by atoms with E-state index in [1.807, 2.05) is 11.0 Å². The smallest absolute Gasteiger partial charge is 0.393 e. The first-order valence-corrected chi connectivity index (χ1v) is 7.07. The lowest BCUT2D eigenvalue weighted by molar-refractivity contribution is -0.188. The summed E-state index contributed by atoms with van der Waals surface area (Å²) in [7, 11) is 0. The number of nitrogens with zero attached hydrogens (tertiary/aromatic N) is 1. The van der Waals surface area contributed by atoms with Crippen LogP contribution in [-0.2, 0) is 6.42 Å². The van der Waals surface area contributed by atoms with Crippen LogP contribution in [0.3, 0.4) is 0 Å². The second-order valence-corrected chi connectivity index (χ2v) is 5.81. The Balaban J connectivity index is 1.78. The van der Waals surface area contributed by atoms with E-state index in [0.717, 1.165) is 30.5 Å². The summed E-state index contributed by atoms with van der Waals surface area (Å²) in [6.45, 7) is 0.839. The van der Waals surface area contributed by atoms with Gasteiger partial charge in [0.15, 0.2) is 0 Å². The van der Waals surface area contributed by atoms with Crippen molar-refractivity contribution in [3.63, 3.8) is 0 Å². The van der Waals surface area contributed by atoms with Crippen LogP contribution in [0.2, 0.25) is 0 Å². The molecule has 0 amide bonds. The average Bonchev–Trinajstić information content (AvgIpc) is 2.80. The van der Waals surface area contributed by atoms with Crippen LogP contribution in [0.5, 0.6) is 5.75 Å². The summed E-state index contributed by atoms with van der Waals surface area (Å²) in [4.78, 5) is 1.98. The number of phenolic OH excluding ortho intramolecular Hbond substituents is 1. The van der Waals surface area contributed by atoms with E-state index in [9.17, 15) is 18.3 Å². The fourth-order valence-corrected chi connectivity index (χ4v) is 3.52. The predicted molar refractivity (Wildman–Crippen MR) is 69.5 cm³/mol. The highest BCUT2D eigenvalue weighted by molar-refractivity contribution is 5.40. The zero-order valence-electron chi connectivity index (χ0n) is 11.2. The molecule has 2 atom stereocenters. The summed E-state index contributed by atoms with van der Waals surface area (Å²) < 4.78 is 38.7. The van der Waals surface area contributed by atoms with Crippen molar-refractivity contribution in [1.82, 2.24) is 4.90 Å². The van der Waals surface area contributed by atoms with Gasteiger partial charge in [-0.1, -0.05) is 6.07 Å². The Morgan fingerprint density at radius 2 is 2.00 bits per heavy atom. The van der Waals surface area contributed by atoms with E-state index in [1.54, 1.807) is 12.1 Å². The van der Waals surface area contributed by atoms with Crippen LogP contribution in [0.1, 0.15) is 36.4 Å². The molecule has 1 fully saturated rings. The van der Waals surface area contributed by atoms with E-state index >= 15 is 0 Å². The number of phenols is 1. The number of benzene rings is 1. The van der Waals surface area contributed by atoms with Crippen LogP contribution in [0.4, 0.5) is 13.2 Å². The summed E-state index contributed by atoms with van der Waals surface area (Å²) >= 11 is 0. The maximum absolute atomic E-state index is 12.9. The van der Waals surface area contributed by atoms with Gasteiger partial charge >= 0.3 is 6.18 Å². The molecule has 2 nitrogen and oxygen atoms in total. The maximum atomic E-state index is 12.9. The van der Waals surface area contributed by atoms with Gasteiger partial charge in [-0.15, -0.1) is 0 Å². The Morgan fingerprint density at radius 3 is 2.75 bits per heavy atom. The number of likely N-dealkylation sites (tertiary alicyclic amines) is 1. The van der Waals surface area contributed by atoms with Crippen LogP contribution in [-0.4, -0.2) is 29.3 Å². The quantitative estimate of drug-likeness (QED) is 0.851. The summed E-state index contributed by atoms with van der Waals surface area (Å²) in [5.74, 6) is -0.964. The number of aromatic hydroxyl groups is 1. The highest BCUT2D eigenvalue weighted by atomic mass is 19.4. The van der Waals surface area contributed by atoms with Gasteiger partial charge in [0.25, 0.3) is 0 Å². The van der Waals surface area contributed by atoms with E-state index in [1.165, 1.54) is 0 Å². The van der Waals surface area contributed by atoms with Crippen molar-refractivity contribution >= 4 is 0 Å². The number of hydrogen-bond acceptors (Lipinski definition) is 2. The lowest BCUT2D eigenvalue weighted by Crippen LogP contribution is -2.42. The van der Waals surface area contributed by atoms with Crippen molar-refractivity contribution in [3.8, 4) is 5.75 Å². The molecule has 0 aromatic heterocycles. The van der Waals surface area contributed by atoms with Crippen LogP contribution < -0.4 is 0 Å². The van der Waals surface area contributed by atoms with Gasteiger partial charge in [0.2, 0.25) is 0 Å². The minimum Gasteiger partial charge on any atom is -0.508 e. The van der Waals surface area contributed by atoms with Gasteiger partial charge in [0, 0.05) is 12.6 Å². The number of alkyl halides is 3. The molecule has 2 unspecified atom stereocenters. The summed E-state index contributed by atoms with van der Waals surface area (Å²) in [5.41, 5.74) is 2.16. The van der Waals surface area contributed by atoms with Gasteiger partial charge in [-0.3, -0.25) is 4.90 Å². The van der Waals surface area contributed by atoms with Crippen molar-refractivity contribution in [1.29, 1.82) is 0 Å². The Kier molecular flexibility index (Phi) is 3.40. The SMILES string of the molecule is Oc1ccc2c(c1)CCC2N1CCCC(C(F)(F)F)C1. The molecular weight excluding hydrogens is 267 g/mol. The van der Waals surface area contributed by atoms with Gasteiger partial charge in [0.05, 0.1) is 5.92 Å². The third-order valence-electron chi connectivity index (χ3n) is 4.53. The first-order chi connectivity index (χ1) is 9.45. The van der Waals surface area contributed by atoms with Crippen LogP contribution in [0.15, 0.2) is 18.2 Å². The summed E-state index contributed by atoms with van der Waals surface area (Å²) in [5, 5.41) is 9.48. The molecule has 1 aromatic rings. The number of halogens is 3. The molecule has 1 heterocycles. The van der Waals surface area contributed by atoms with E-state index in [0.29, 0.717) is 6.42 Å². The number of rotatable bonds is 1. The molecule has 1 aromatic carbocycles. The van der Waals surface area contributed by atoms with Crippen molar-refractivity contribution in [2.75, 3.05) is 13.1 Å². The lowest BCUT2D eigenvalue weighted by atomic mass is 9.95. The normalized spacial score (nSPS) is 27.6. The monoisotopic (exact) mass is 285 g/mol. The van der Waals surface area contributed by atoms with Gasteiger partial charge in [-0.2, -0.15) is 13.2 Å². The molecule has 0 radical (unpaired) electrons. The third-order valence-corrected chi connectivity index (χ3v) is 4.53. The molecule has 20 heavy (non-hydrogen) atoms. The fraction of sp³-hybridized carbons (Fsp3) is 0.600. The highest BCUT2D eigenvalue weighted by Crippen LogP contribution is 2.41. The molecule has 110 valence electrons. The second-order valence-electron chi connectivity index (χ2n) is 5.81. The molecule has 0 saturated carbocycles. The van der Waals surface area contributed by atoms with E-state index in [2.05, 4.69) is 0 Å². The number of aryl methyl sites for hydroxylation is 1. The van der Waals surface area contributed by atoms with Crippen molar-refractivity contribution in [2.45, 2.75) is 37.9 Å². The molecule has 1 aliphatic heterocycles. The number of hydrogen-bond donors (Lipinski definition) is 1. The van der Waals surface area contributed by atoms with Crippen LogP contribution in [0.25, 0.3) is 0 Å². The maximum Gasteiger partial charge on any atom is 0.393 e. The molecule has 0 spiro atoms. The molecular formula is C15H18F3NO. The van der Waals surface area contributed by atoms with Gasteiger partial charge in [0.1, 0.15) is 5.75 Å². The largest absolute Gasteiger partial charge is 0.508 e.